The van der Waals surface area contributed by atoms with Crippen molar-refractivity contribution < 1.29 is 19.4 Å². The van der Waals surface area contributed by atoms with Crippen molar-refractivity contribution in [3.8, 4) is 0 Å². The van der Waals surface area contributed by atoms with Crippen LogP contribution < -0.4 is 0 Å². The first-order valence-electron chi connectivity index (χ1n) is 4.48. The Labute approximate surface area is 84.1 Å². The lowest BCUT2D eigenvalue weighted by molar-refractivity contribution is -0.132. The highest BCUT2D eigenvalue weighted by atomic mass is 31.2. The van der Waals surface area contributed by atoms with Gasteiger partial charge in [0.15, 0.2) is 0 Å². The van der Waals surface area contributed by atoms with E-state index in [0.717, 1.165) is 0 Å². The van der Waals surface area contributed by atoms with Gasteiger partial charge in [-0.05, 0) is 12.8 Å². The third-order valence-corrected chi connectivity index (χ3v) is 3.83. The maximum atomic E-state index is 11.5. The molecule has 0 heterocycles. The van der Waals surface area contributed by atoms with Gasteiger partial charge in [-0.15, -0.1) is 0 Å². The number of carboxylic acid groups (broad SMARTS) is 1. The summed E-state index contributed by atoms with van der Waals surface area (Å²) in [5.41, 5.74) is 0.0106. The molecule has 2 N–H and O–H groups in total. The molecule has 0 aromatic heterocycles. The normalized spacial score (nSPS) is 16.8. The number of allylic oxidation sites excluding steroid dienone is 1. The Morgan fingerprint density at radius 1 is 1.50 bits per heavy atom. The van der Waals surface area contributed by atoms with Crippen LogP contribution in [-0.2, 0) is 9.36 Å². The topological polar surface area (TPSA) is 74.6 Å². The minimum atomic E-state index is -3.32. The molecule has 14 heavy (non-hydrogen) atoms. The van der Waals surface area contributed by atoms with Gasteiger partial charge in [0.2, 0.25) is 7.37 Å². The van der Waals surface area contributed by atoms with Gasteiger partial charge in [0.05, 0.1) is 6.16 Å². The zero-order chi connectivity index (χ0) is 11.4. The molecule has 0 aromatic rings. The van der Waals surface area contributed by atoms with Gasteiger partial charge in [-0.1, -0.05) is 19.9 Å². The molecule has 0 aliphatic rings. The first-order valence-corrected chi connectivity index (χ1v) is 6.51. The maximum absolute atomic E-state index is 11.5. The standard InChI is InChI=1S/C9H17O4P/c1-4-8(9(10)11)6-14(12,13)5-7(2)3/h4,7H,5-6H2,1-3H3,(H,10,11)(H,12,13). The summed E-state index contributed by atoms with van der Waals surface area (Å²) in [7, 11) is -3.32. The van der Waals surface area contributed by atoms with Gasteiger partial charge in [-0.2, -0.15) is 0 Å². The Kier molecular flexibility index (Phi) is 5.09. The van der Waals surface area contributed by atoms with Crippen LogP contribution in [0.2, 0.25) is 0 Å². The van der Waals surface area contributed by atoms with E-state index < -0.39 is 13.3 Å². The van der Waals surface area contributed by atoms with Gasteiger partial charge in [-0.3, -0.25) is 4.57 Å². The van der Waals surface area contributed by atoms with Gasteiger partial charge < -0.3 is 10.00 Å². The summed E-state index contributed by atoms with van der Waals surface area (Å²) >= 11 is 0. The fourth-order valence-corrected chi connectivity index (χ4v) is 3.30. The molecule has 5 heteroatoms. The Hall–Kier alpha value is -0.600. The summed E-state index contributed by atoms with van der Waals surface area (Å²) in [6, 6.07) is 0. The highest BCUT2D eigenvalue weighted by Gasteiger charge is 2.24. The van der Waals surface area contributed by atoms with Crippen molar-refractivity contribution in [2.45, 2.75) is 20.8 Å². The monoisotopic (exact) mass is 220 g/mol. The molecule has 4 nitrogen and oxygen atoms in total. The predicted molar refractivity (Wildman–Crippen MR) is 55.8 cm³/mol. The van der Waals surface area contributed by atoms with E-state index in [1.807, 2.05) is 13.8 Å². The lowest BCUT2D eigenvalue weighted by Crippen LogP contribution is -2.09. The fraction of sp³-hybridized carbons (Fsp3) is 0.667. The number of hydrogen-bond acceptors (Lipinski definition) is 2. The molecule has 0 rings (SSSR count). The van der Waals surface area contributed by atoms with Crippen LogP contribution in [0, 0.1) is 5.92 Å². The quantitative estimate of drug-likeness (QED) is 0.548. The molecule has 82 valence electrons. The molecule has 0 fully saturated rings. The van der Waals surface area contributed by atoms with E-state index >= 15 is 0 Å². The summed E-state index contributed by atoms with van der Waals surface area (Å²) < 4.78 is 11.5. The van der Waals surface area contributed by atoms with E-state index in [2.05, 4.69) is 0 Å². The Balaban J connectivity index is 4.50. The molecule has 1 unspecified atom stereocenters. The highest BCUT2D eigenvalue weighted by molar-refractivity contribution is 7.58. The van der Waals surface area contributed by atoms with Gasteiger partial charge >= 0.3 is 5.97 Å². The average Bonchev–Trinajstić information content (AvgIpc) is 1.97. The van der Waals surface area contributed by atoms with Crippen molar-refractivity contribution in [1.82, 2.24) is 0 Å². The van der Waals surface area contributed by atoms with E-state index in [9.17, 15) is 14.3 Å². The van der Waals surface area contributed by atoms with Crippen LogP contribution in [0.25, 0.3) is 0 Å². The van der Waals surface area contributed by atoms with Crippen LogP contribution in [0.3, 0.4) is 0 Å². The third-order valence-electron chi connectivity index (χ3n) is 1.69. The summed E-state index contributed by atoms with van der Waals surface area (Å²) in [4.78, 5) is 20.1. The zero-order valence-corrected chi connectivity index (χ0v) is 9.62. The molecule has 0 bridgehead atoms. The minimum Gasteiger partial charge on any atom is -0.478 e. The van der Waals surface area contributed by atoms with E-state index in [1.165, 1.54) is 6.08 Å². The molecule has 0 aliphatic heterocycles. The second-order valence-corrected chi connectivity index (χ2v) is 6.07. The van der Waals surface area contributed by atoms with Crippen molar-refractivity contribution in [2.24, 2.45) is 5.92 Å². The van der Waals surface area contributed by atoms with Crippen molar-refractivity contribution in [1.29, 1.82) is 0 Å². The van der Waals surface area contributed by atoms with Gasteiger partial charge in [0, 0.05) is 11.7 Å². The van der Waals surface area contributed by atoms with E-state index in [1.54, 1.807) is 6.92 Å². The van der Waals surface area contributed by atoms with Crippen molar-refractivity contribution in [3.63, 3.8) is 0 Å². The van der Waals surface area contributed by atoms with Crippen LogP contribution >= 0.6 is 7.37 Å². The van der Waals surface area contributed by atoms with Crippen molar-refractivity contribution in [2.75, 3.05) is 12.3 Å². The molecular weight excluding hydrogens is 203 g/mol. The highest BCUT2D eigenvalue weighted by Crippen LogP contribution is 2.44. The third kappa shape index (κ3) is 5.20. The van der Waals surface area contributed by atoms with Crippen LogP contribution in [0.15, 0.2) is 11.6 Å². The zero-order valence-electron chi connectivity index (χ0n) is 8.73. The summed E-state index contributed by atoms with van der Waals surface area (Å²) in [5, 5.41) is 8.67. The van der Waals surface area contributed by atoms with Gasteiger partial charge in [-0.25, -0.2) is 4.79 Å². The average molecular weight is 220 g/mol. The molecule has 0 aliphatic carbocycles. The number of aliphatic carboxylic acids is 1. The van der Waals surface area contributed by atoms with Gasteiger partial charge in [0.25, 0.3) is 0 Å². The molecule has 0 amide bonds. The van der Waals surface area contributed by atoms with Crippen LogP contribution in [0.5, 0.6) is 0 Å². The summed E-state index contributed by atoms with van der Waals surface area (Å²) in [6.45, 7) is 5.22. The summed E-state index contributed by atoms with van der Waals surface area (Å²) in [5.74, 6) is -1.02. The molecular formula is C9H17O4P. The SMILES string of the molecule is CC=C(CP(=O)(O)CC(C)C)C(=O)O. The smallest absolute Gasteiger partial charge is 0.331 e. The largest absolute Gasteiger partial charge is 0.478 e. The number of carbonyl (C=O) groups is 1. The minimum absolute atomic E-state index is 0.0106. The van der Waals surface area contributed by atoms with Crippen LogP contribution in [0.4, 0.5) is 0 Å². The predicted octanol–water partition coefficient (Wildman–Crippen LogP) is 1.94. The van der Waals surface area contributed by atoms with E-state index in [0.29, 0.717) is 0 Å². The van der Waals surface area contributed by atoms with E-state index in [-0.39, 0.29) is 23.8 Å². The Bertz CT molecular complexity index is 281. The first kappa shape index (κ1) is 13.4. The Morgan fingerprint density at radius 3 is 2.29 bits per heavy atom. The number of hydrogen-bond donors (Lipinski definition) is 2. The summed E-state index contributed by atoms with van der Waals surface area (Å²) in [6.07, 6.45) is 1.29. The first-order chi connectivity index (χ1) is 6.28. The van der Waals surface area contributed by atoms with Crippen molar-refractivity contribution in [3.05, 3.63) is 11.6 Å². The Morgan fingerprint density at radius 2 is 2.00 bits per heavy atom. The molecule has 0 aromatic carbocycles. The molecule has 0 saturated carbocycles. The van der Waals surface area contributed by atoms with Gasteiger partial charge in [0.1, 0.15) is 0 Å². The molecule has 0 radical (unpaired) electrons. The molecule has 0 saturated heterocycles. The molecule has 0 spiro atoms. The lowest BCUT2D eigenvalue weighted by atomic mass is 10.3. The second kappa shape index (κ2) is 5.32. The fourth-order valence-electron chi connectivity index (χ4n) is 1.18. The second-order valence-electron chi connectivity index (χ2n) is 3.70. The number of rotatable bonds is 5. The van der Waals surface area contributed by atoms with E-state index in [4.69, 9.17) is 5.11 Å². The van der Waals surface area contributed by atoms with Crippen LogP contribution in [0.1, 0.15) is 20.8 Å². The maximum Gasteiger partial charge on any atom is 0.331 e. The number of carboxylic acids is 1. The lowest BCUT2D eigenvalue weighted by Gasteiger charge is -2.13. The van der Waals surface area contributed by atoms with Crippen LogP contribution in [-0.4, -0.2) is 28.3 Å². The molecule has 1 atom stereocenters. The van der Waals surface area contributed by atoms with Crippen molar-refractivity contribution >= 4 is 13.3 Å².